The summed E-state index contributed by atoms with van der Waals surface area (Å²) in [6, 6.07) is 0.493. The van der Waals surface area contributed by atoms with E-state index in [1.807, 2.05) is 7.05 Å². The van der Waals surface area contributed by atoms with Gasteiger partial charge < -0.3 is 10.3 Å². The van der Waals surface area contributed by atoms with E-state index in [0.29, 0.717) is 12.0 Å². The van der Waals surface area contributed by atoms with Gasteiger partial charge in [0.05, 0.1) is 6.33 Å². The van der Waals surface area contributed by atoms with Gasteiger partial charge in [0.1, 0.15) is 16.9 Å². The zero-order chi connectivity index (χ0) is 13.0. The number of H-pyrrole nitrogens is 1. The second-order valence-electron chi connectivity index (χ2n) is 4.37. The molecule has 0 amide bonds. The molecule has 0 aliphatic rings. The molecule has 0 bridgehead atoms. The highest BCUT2D eigenvalue weighted by molar-refractivity contribution is 7.99. The van der Waals surface area contributed by atoms with Crippen molar-refractivity contribution in [2.24, 2.45) is 5.92 Å². The van der Waals surface area contributed by atoms with E-state index in [-0.39, 0.29) is 0 Å². The minimum atomic E-state index is 0.493. The van der Waals surface area contributed by atoms with Gasteiger partial charge in [-0.25, -0.2) is 15.0 Å². The molecule has 0 aliphatic heterocycles. The van der Waals surface area contributed by atoms with E-state index in [0.717, 1.165) is 21.9 Å². The van der Waals surface area contributed by atoms with E-state index >= 15 is 0 Å². The first-order valence-corrected chi connectivity index (χ1v) is 7.19. The summed E-state index contributed by atoms with van der Waals surface area (Å²) >= 11 is 1.75. The maximum atomic E-state index is 4.32. The molecule has 0 fully saturated rings. The Morgan fingerprint density at radius 3 is 2.94 bits per heavy atom. The van der Waals surface area contributed by atoms with Crippen LogP contribution in [0, 0.1) is 5.92 Å². The second-order valence-corrected chi connectivity index (χ2v) is 5.38. The maximum Gasteiger partial charge on any atom is 0.181 e. The van der Waals surface area contributed by atoms with E-state index in [1.165, 1.54) is 6.42 Å². The summed E-state index contributed by atoms with van der Waals surface area (Å²) in [6.07, 6.45) is 4.41. The van der Waals surface area contributed by atoms with Gasteiger partial charge >= 0.3 is 0 Å². The first kappa shape index (κ1) is 13.3. The van der Waals surface area contributed by atoms with Crippen molar-refractivity contribution >= 4 is 22.9 Å². The highest BCUT2D eigenvalue weighted by Gasteiger charge is 2.15. The molecular weight excluding hydrogens is 246 g/mol. The number of aromatic nitrogens is 4. The molecule has 2 rings (SSSR count). The van der Waals surface area contributed by atoms with E-state index in [9.17, 15) is 0 Å². The molecular formula is C12H19N5S. The second kappa shape index (κ2) is 6.15. The van der Waals surface area contributed by atoms with Crippen LogP contribution in [0.5, 0.6) is 0 Å². The monoisotopic (exact) mass is 265 g/mol. The van der Waals surface area contributed by atoms with Crippen LogP contribution in [0.25, 0.3) is 11.2 Å². The summed E-state index contributed by atoms with van der Waals surface area (Å²) in [5.74, 6) is 1.65. The number of rotatable bonds is 6. The van der Waals surface area contributed by atoms with Crippen LogP contribution < -0.4 is 5.32 Å². The van der Waals surface area contributed by atoms with Crippen molar-refractivity contribution in [2.45, 2.75) is 31.3 Å². The summed E-state index contributed by atoms with van der Waals surface area (Å²) in [5, 5.41) is 4.35. The average Bonchev–Trinajstić information content (AvgIpc) is 2.88. The number of fused-ring (bicyclic) bond motifs is 1. The lowest BCUT2D eigenvalue weighted by molar-refractivity contribution is 0.420. The Balaban J connectivity index is 2.07. The Morgan fingerprint density at radius 1 is 1.39 bits per heavy atom. The quantitative estimate of drug-likeness (QED) is 0.618. The Morgan fingerprint density at radius 2 is 2.22 bits per heavy atom. The van der Waals surface area contributed by atoms with Gasteiger partial charge in [0.15, 0.2) is 5.65 Å². The number of aromatic amines is 1. The number of hydrogen-bond donors (Lipinski definition) is 2. The lowest BCUT2D eigenvalue weighted by Crippen LogP contribution is -2.34. The zero-order valence-electron chi connectivity index (χ0n) is 11.0. The van der Waals surface area contributed by atoms with Gasteiger partial charge in [-0.05, 0) is 13.0 Å². The molecule has 0 saturated heterocycles. The van der Waals surface area contributed by atoms with E-state index in [2.05, 4.69) is 39.1 Å². The third-order valence-electron chi connectivity index (χ3n) is 3.29. The molecule has 0 radical (unpaired) electrons. The molecule has 2 heterocycles. The van der Waals surface area contributed by atoms with Gasteiger partial charge in [-0.2, -0.15) is 0 Å². The van der Waals surface area contributed by atoms with Gasteiger partial charge in [-0.15, -0.1) is 11.8 Å². The summed E-state index contributed by atoms with van der Waals surface area (Å²) in [5.41, 5.74) is 1.67. The molecule has 2 N–H and O–H groups in total. The predicted octanol–water partition coefficient (Wildman–Crippen LogP) is 2.08. The summed E-state index contributed by atoms with van der Waals surface area (Å²) in [4.78, 5) is 15.7. The first-order chi connectivity index (χ1) is 8.76. The number of hydrogen-bond acceptors (Lipinski definition) is 5. The standard InChI is InChI=1S/C12H19N5S/c1-4-8(2)9(13-3)5-18-12-10-11(15-6-14-10)16-7-17-12/h6-9,13H,4-5H2,1-3H3,(H,14,15,16,17). The summed E-state index contributed by atoms with van der Waals surface area (Å²) in [7, 11) is 2.02. The minimum Gasteiger partial charge on any atom is -0.341 e. The summed E-state index contributed by atoms with van der Waals surface area (Å²) < 4.78 is 0. The molecule has 0 saturated carbocycles. The van der Waals surface area contributed by atoms with Crippen LogP contribution >= 0.6 is 11.8 Å². The van der Waals surface area contributed by atoms with Gasteiger partial charge in [-0.3, -0.25) is 0 Å². The van der Waals surface area contributed by atoms with Crippen LogP contribution in [0.1, 0.15) is 20.3 Å². The fourth-order valence-corrected chi connectivity index (χ4v) is 3.09. The molecule has 0 aromatic carbocycles. The van der Waals surface area contributed by atoms with E-state index in [1.54, 1.807) is 24.4 Å². The lowest BCUT2D eigenvalue weighted by Gasteiger charge is -2.21. The zero-order valence-corrected chi connectivity index (χ0v) is 11.8. The summed E-state index contributed by atoms with van der Waals surface area (Å²) in [6.45, 7) is 4.49. The smallest absolute Gasteiger partial charge is 0.181 e. The van der Waals surface area contributed by atoms with Gasteiger partial charge in [0.2, 0.25) is 0 Å². The molecule has 0 aliphatic carbocycles. The molecule has 0 spiro atoms. The van der Waals surface area contributed by atoms with Crippen molar-refractivity contribution in [3.8, 4) is 0 Å². The molecule has 5 nitrogen and oxygen atoms in total. The van der Waals surface area contributed by atoms with Crippen molar-refractivity contribution in [2.75, 3.05) is 12.8 Å². The van der Waals surface area contributed by atoms with Crippen molar-refractivity contribution in [3.05, 3.63) is 12.7 Å². The fraction of sp³-hybridized carbons (Fsp3) is 0.583. The van der Waals surface area contributed by atoms with Crippen LogP contribution in [0.4, 0.5) is 0 Å². The molecule has 18 heavy (non-hydrogen) atoms. The van der Waals surface area contributed by atoms with Gasteiger partial charge in [0, 0.05) is 11.8 Å². The Kier molecular flexibility index (Phi) is 4.54. The Labute approximate surface area is 111 Å². The van der Waals surface area contributed by atoms with Crippen molar-refractivity contribution in [1.82, 2.24) is 25.3 Å². The van der Waals surface area contributed by atoms with Crippen LogP contribution in [0.2, 0.25) is 0 Å². The average molecular weight is 265 g/mol. The van der Waals surface area contributed by atoms with Gasteiger partial charge in [0.25, 0.3) is 0 Å². The van der Waals surface area contributed by atoms with Crippen molar-refractivity contribution in [1.29, 1.82) is 0 Å². The minimum absolute atomic E-state index is 0.493. The van der Waals surface area contributed by atoms with Crippen molar-refractivity contribution < 1.29 is 0 Å². The van der Waals surface area contributed by atoms with Crippen LogP contribution in [0.15, 0.2) is 17.7 Å². The lowest BCUT2D eigenvalue weighted by atomic mass is 10.0. The molecule has 2 unspecified atom stereocenters. The number of nitrogens with zero attached hydrogens (tertiary/aromatic N) is 3. The number of nitrogens with one attached hydrogen (secondary N) is 2. The predicted molar refractivity (Wildman–Crippen MR) is 74.7 cm³/mol. The fourth-order valence-electron chi connectivity index (χ4n) is 1.84. The normalized spacial score (nSPS) is 14.8. The maximum absolute atomic E-state index is 4.32. The van der Waals surface area contributed by atoms with Crippen LogP contribution in [-0.4, -0.2) is 38.8 Å². The van der Waals surface area contributed by atoms with Crippen LogP contribution in [-0.2, 0) is 0 Å². The van der Waals surface area contributed by atoms with Crippen LogP contribution in [0.3, 0.4) is 0 Å². The Bertz CT molecular complexity index is 498. The molecule has 2 aromatic heterocycles. The SMILES string of the molecule is CCC(C)C(CSc1ncnc2nc[nH]c12)NC. The van der Waals surface area contributed by atoms with Gasteiger partial charge in [-0.1, -0.05) is 20.3 Å². The van der Waals surface area contributed by atoms with Crippen molar-refractivity contribution in [3.63, 3.8) is 0 Å². The highest BCUT2D eigenvalue weighted by Crippen LogP contribution is 2.24. The molecule has 98 valence electrons. The third-order valence-corrected chi connectivity index (χ3v) is 4.40. The Hall–Kier alpha value is -1.14. The highest BCUT2D eigenvalue weighted by atomic mass is 32.2. The third kappa shape index (κ3) is 2.81. The largest absolute Gasteiger partial charge is 0.341 e. The molecule has 2 atom stereocenters. The molecule has 2 aromatic rings. The topological polar surface area (TPSA) is 66.5 Å². The number of thioether (sulfide) groups is 1. The number of imidazole rings is 1. The van der Waals surface area contributed by atoms with E-state index < -0.39 is 0 Å². The molecule has 6 heteroatoms. The van der Waals surface area contributed by atoms with E-state index in [4.69, 9.17) is 0 Å². The first-order valence-electron chi connectivity index (χ1n) is 6.20.